The molecule has 0 heterocycles. The van der Waals surface area contributed by atoms with Gasteiger partial charge in [-0.25, -0.2) is 0 Å². The maximum absolute atomic E-state index is 11.1. The van der Waals surface area contributed by atoms with Gasteiger partial charge < -0.3 is 9.90 Å². The first-order valence-corrected chi connectivity index (χ1v) is 15.1. The largest absolute Gasteiger partial charge is 1.00 e. The van der Waals surface area contributed by atoms with Crippen LogP contribution in [0.4, 0.5) is 0 Å². The normalized spacial score (nSPS) is 11.1. The molecule has 0 aromatic rings. The van der Waals surface area contributed by atoms with Crippen LogP contribution in [0, 0.1) is 0 Å². The summed E-state index contributed by atoms with van der Waals surface area (Å²) in [4.78, 5) is 13.2. The Morgan fingerprint density at radius 1 is 0.471 bits per heavy atom. The summed E-state index contributed by atoms with van der Waals surface area (Å²) in [6.07, 6.45) is 32.3. The van der Waals surface area contributed by atoms with E-state index in [-0.39, 0.29) is 57.9 Å². The van der Waals surface area contributed by atoms with Crippen molar-refractivity contribution >= 4 is 5.97 Å². The minimum Gasteiger partial charge on any atom is -0.549 e. The van der Waals surface area contributed by atoms with Crippen molar-refractivity contribution in [1.29, 1.82) is 0 Å². The van der Waals surface area contributed by atoms with Gasteiger partial charge in [-0.3, -0.25) is 4.90 Å². The van der Waals surface area contributed by atoms with Crippen LogP contribution in [0.1, 0.15) is 168 Å². The Morgan fingerprint density at radius 3 is 0.941 bits per heavy atom. The zero-order valence-electron chi connectivity index (χ0n) is 23.9. The molecule has 0 atom stereocenters. The number of hydrogen-bond acceptors (Lipinski definition) is 3. The Hall–Kier alpha value is 1.07. The number of carbonyl (C=O) groups is 1. The predicted molar refractivity (Wildman–Crippen MR) is 144 cm³/mol. The Bertz CT molecular complexity index is 364. The summed E-state index contributed by atoms with van der Waals surface area (Å²) < 4.78 is 0. The predicted octanol–water partition coefficient (Wildman–Crippen LogP) is 5.44. The van der Waals surface area contributed by atoms with Gasteiger partial charge in [-0.05, 0) is 25.9 Å². The van der Waals surface area contributed by atoms with E-state index in [4.69, 9.17) is 0 Å². The third-order valence-corrected chi connectivity index (χ3v) is 7.01. The van der Waals surface area contributed by atoms with Gasteiger partial charge in [0.15, 0.2) is 0 Å². The molecular formula is C30H60KNO2. The summed E-state index contributed by atoms with van der Waals surface area (Å²) in [5, 5.41) is 11.1. The number of rotatable bonds is 28. The molecule has 0 aromatic heterocycles. The van der Waals surface area contributed by atoms with Crippen molar-refractivity contribution in [3.05, 3.63) is 0 Å². The van der Waals surface area contributed by atoms with Crippen molar-refractivity contribution in [1.82, 2.24) is 4.90 Å². The van der Waals surface area contributed by atoms with Gasteiger partial charge in [-0.1, -0.05) is 155 Å². The second-order valence-corrected chi connectivity index (χ2v) is 10.4. The number of carboxylic acids is 1. The first kappa shape index (κ1) is 37.2. The van der Waals surface area contributed by atoms with Crippen LogP contribution in [0.25, 0.3) is 0 Å². The number of hydrogen-bond donors (Lipinski definition) is 0. The fourth-order valence-electron chi connectivity index (χ4n) is 4.81. The van der Waals surface area contributed by atoms with E-state index in [0.29, 0.717) is 0 Å². The molecular weight excluding hydrogens is 445 g/mol. The van der Waals surface area contributed by atoms with Gasteiger partial charge in [-0.15, -0.1) is 0 Å². The smallest absolute Gasteiger partial charge is 0.549 e. The van der Waals surface area contributed by atoms with Crippen molar-refractivity contribution in [2.75, 3.05) is 19.6 Å². The fraction of sp³-hybridized carbons (Fsp3) is 0.967. The van der Waals surface area contributed by atoms with Crippen LogP contribution >= 0.6 is 0 Å². The average Bonchev–Trinajstić information content (AvgIpc) is 2.80. The molecule has 34 heavy (non-hydrogen) atoms. The quantitative estimate of drug-likeness (QED) is 0.105. The van der Waals surface area contributed by atoms with Crippen LogP contribution in [0.3, 0.4) is 0 Å². The van der Waals surface area contributed by atoms with Crippen molar-refractivity contribution in [2.24, 2.45) is 0 Å². The number of unbranched alkanes of at least 4 members (excludes halogenated alkanes) is 22. The third kappa shape index (κ3) is 31.1. The molecule has 0 saturated carbocycles. The molecule has 0 fully saturated rings. The van der Waals surface area contributed by atoms with Crippen LogP contribution in [-0.2, 0) is 4.79 Å². The van der Waals surface area contributed by atoms with E-state index in [9.17, 15) is 9.90 Å². The molecule has 0 bridgehead atoms. The summed E-state index contributed by atoms with van der Waals surface area (Å²) in [6, 6.07) is 0. The van der Waals surface area contributed by atoms with E-state index < -0.39 is 5.97 Å². The number of aliphatic carboxylic acids is 1. The average molecular weight is 506 g/mol. The first-order chi connectivity index (χ1) is 16.2. The van der Waals surface area contributed by atoms with E-state index in [2.05, 4.69) is 18.7 Å². The topological polar surface area (TPSA) is 43.4 Å². The van der Waals surface area contributed by atoms with E-state index in [1.807, 2.05) is 0 Å². The number of carboxylic acid groups (broad SMARTS) is 1. The molecule has 0 aromatic carbocycles. The molecule has 0 unspecified atom stereocenters. The molecule has 0 aliphatic carbocycles. The SMILES string of the molecule is CCCCCCCCCCCCCCN(CCCCCCCCCCCCCC)CC(=O)[O-].[K+]. The van der Waals surface area contributed by atoms with E-state index >= 15 is 0 Å². The fourth-order valence-corrected chi connectivity index (χ4v) is 4.81. The summed E-state index contributed by atoms with van der Waals surface area (Å²) in [5.41, 5.74) is 0. The minimum atomic E-state index is -0.923. The Balaban J connectivity index is 0. The monoisotopic (exact) mass is 505 g/mol. The van der Waals surface area contributed by atoms with Gasteiger partial charge in [0, 0.05) is 6.54 Å². The maximum Gasteiger partial charge on any atom is 1.00 e. The third-order valence-electron chi connectivity index (χ3n) is 7.01. The first-order valence-electron chi connectivity index (χ1n) is 15.1. The molecule has 0 spiro atoms. The van der Waals surface area contributed by atoms with Crippen LogP contribution in [0.15, 0.2) is 0 Å². The van der Waals surface area contributed by atoms with E-state index in [0.717, 1.165) is 25.9 Å². The van der Waals surface area contributed by atoms with Gasteiger partial charge in [0.25, 0.3) is 0 Å². The molecule has 0 radical (unpaired) electrons. The van der Waals surface area contributed by atoms with E-state index in [1.165, 1.54) is 141 Å². The van der Waals surface area contributed by atoms with Crippen molar-refractivity contribution < 1.29 is 61.3 Å². The van der Waals surface area contributed by atoms with Crippen LogP contribution in [0.5, 0.6) is 0 Å². The van der Waals surface area contributed by atoms with Crippen LogP contribution in [-0.4, -0.2) is 30.5 Å². The standard InChI is InChI=1S/C30H61NO2.K/c1-3-5-7-9-11-13-15-17-19-21-23-25-27-31(29-30(32)33)28-26-24-22-20-18-16-14-12-10-8-6-4-2;/h3-29H2,1-2H3,(H,32,33);/q;+1/p-1. The summed E-state index contributed by atoms with van der Waals surface area (Å²) >= 11 is 0. The van der Waals surface area contributed by atoms with Gasteiger partial charge >= 0.3 is 51.4 Å². The summed E-state index contributed by atoms with van der Waals surface area (Å²) in [7, 11) is 0. The molecule has 0 saturated heterocycles. The Kier molecular flexibility index (Phi) is 35.1. The minimum absolute atomic E-state index is 0. The molecule has 3 nitrogen and oxygen atoms in total. The summed E-state index contributed by atoms with van der Waals surface area (Å²) in [6.45, 7) is 6.50. The van der Waals surface area contributed by atoms with Gasteiger partial charge in [0.2, 0.25) is 0 Å². The van der Waals surface area contributed by atoms with Gasteiger partial charge in [0.1, 0.15) is 0 Å². The van der Waals surface area contributed by atoms with Gasteiger partial charge in [-0.2, -0.15) is 0 Å². The Labute approximate surface area is 257 Å². The second-order valence-electron chi connectivity index (χ2n) is 10.4. The second kappa shape index (κ2) is 32.1. The molecule has 0 rings (SSSR count). The maximum atomic E-state index is 11.1. The molecule has 0 aliphatic heterocycles. The molecule has 198 valence electrons. The molecule has 4 heteroatoms. The Morgan fingerprint density at radius 2 is 0.706 bits per heavy atom. The molecule has 0 aliphatic rings. The molecule has 0 N–H and O–H groups in total. The van der Waals surface area contributed by atoms with Crippen LogP contribution < -0.4 is 56.5 Å². The summed E-state index contributed by atoms with van der Waals surface area (Å²) in [5.74, 6) is -0.923. The van der Waals surface area contributed by atoms with E-state index in [1.54, 1.807) is 0 Å². The van der Waals surface area contributed by atoms with Crippen molar-refractivity contribution in [3.63, 3.8) is 0 Å². The molecule has 0 amide bonds. The number of nitrogens with zero attached hydrogens (tertiary/aromatic N) is 1. The van der Waals surface area contributed by atoms with Gasteiger partial charge in [0.05, 0.1) is 5.97 Å². The zero-order valence-corrected chi connectivity index (χ0v) is 27.0. The zero-order chi connectivity index (χ0) is 24.2. The van der Waals surface area contributed by atoms with Crippen molar-refractivity contribution in [2.45, 2.75) is 168 Å². The van der Waals surface area contributed by atoms with Crippen LogP contribution in [0.2, 0.25) is 0 Å². The number of carbonyl (C=O) groups excluding carboxylic acids is 1. The van der Waals surface area contributed by atoms with Crippen molar-refractivity contribution in [3.8, 4) is 0 Å².